The van der Waals surface area contributed by atoms with Gasteiger partial charge in [-0.2, -0.15) is 0 Å². The van der Waals surface area contributed by atoms with E-state index < -0.39 is 0 Å². The van der Waals surface area contributed by atoms with Gasteiger partial charge in [0, 0.05) is 5.69 Å². The number of anilines is 1. The van der Waals surface area contributed by atoms with Crippen molar-refractivity contribution in [3.8, 4) is 11.5 Å². The van der Waals surface area contributed by atoms with Crippen molar-refractivity contribution in [2.45, 2.75) is 0 Å². The van der Waals surface area contributed by atoms with Crippen LogP contribution in [0.3, 0.4) is 0 Å². The molecule has 0 unspecified atom stereocenters. The maximum Gasteiger partial charge on any atom is 0.295 e. The van der Waals surface area contributed by atoms with E-state index in [1.165, 1.54) is 4.90 Å². The van der Waals surface area contributed by atoms with Crippen LogP contribution in [0, 0.1) is 0 Å². The van der Waals surface area contributed by atoms with Gasteiger partial charge in [-0.3, -0.25) is 14.5 Å². The number of nitrogens with one attached hydrogen (secondary N) is 1. The van der Waals surface area contributed by atoms with Crippen molar-refractivity contribution in [1.29, 1.82) is 0 Å². The van der Waals surface area contributed by atoms with Crippen molar-refractivity contribution in [3.63, 3.8) is 0 Å². The van der Waals surface area contributed by atoms with E-state index in [1.54, 1.807) is 44.6 Å². The number of carbonyl (C=O) groups is 2. The second kappa shape index (κ2) is 7.97. The topological polar surface area (TPSA) is 67.9 Å². The van der Waals surface area contributed by atoms with E-state index in [2.05, 4.69) is 5.32 Å². The van der Waals surface area contributed by atoms with Crippen molar-refractivity contribution in [3.05, 3.63) is 59.0 Å². The molecular weight excluding hydrogens is 352 g/mol. The summed E-state index contributed by atoms with van der Waals surface area (Å²) in [7, 11) is 3.19. The molecule has 3 rings (SSSR count). The molecule has 0 spiro atoms. The van der Waals surface area contributed by atoms with Crippen LogP contribution in [0.5, 0.6) is 11.5 Å². The largest absolute Gasteiger partial charge is 0.497 e. The molecule has 2 amide bonds. The third-order valence-electron chi connectivity index (χ3n) is 3.82. The molecule has 0 bridgehead atoms. The molecule has 1 N–H and O–H groups in total. The Bertz CT molecular complexity index is 832. The Morgan fingerprint density at radius 1 is 0.962 bits per heavy atom. The molecule has 2 aromatic rings. The van der Waals surface area contributed by atoms with Gasteiger partial charge in [-0.1, -0.05) is 12.1 Å². The zero-order valence-electron chi connectivity index (χ0n) is 14.4. The number of hydrogen-bond acceptors (Lipinski definition) is 6. The van der Waals surface area contributed by atoms with E-state index in [4.69, 9.17) is 9.47 Å². The van der Waals surface area contributed by atoms with Gasteiger partial charge in [0.05, 0.1) is 25.8 Å². The number of hydrogen-bond donors (Lipinski definition) is 1. The number of methoxy groups -OCH3 is 2. The van der Waals surface area contributed by atoms with Crippen molar-refractivity contribution in [2.75, 3.05) is 26.2 Å². The Balaban J connectivity index is 1.66. The number of benzene rings is 2. The first-order valence-electron chi connectivity index (χ1n) is 7.88. The summed E-state index contributed by atoms with van der Waals surface area (Å²) >= 11 is 0.935. The summed E-state index contributed by atoms with van der Waals surface area (Å²) in [4.78, 5) is 26.2. The molecule has 0 saturated carbocycles. The van der Waals surface area contributed by atoms with Gasteiger partial charge in [-0.15, -0.1) is 0 Å². The van der Waals surface area contributed by atoms with Crippen LogP contribution in [0.25, 0.3) is 6.08 Å². The van der Waals surface area contributed by atoms with Crippen molar-refractivity contribution >= 4 is 34.7 Å². The molecule has 7 heteroatoms. The maximum atomic E-state index is 12.5. The Morgan fingerprint density at radius 2 is 1.54 bits per heavy atom. The first kappa shape index (κ1) is 17.9. The standard InChI is InChI=1S/C19H18N2O4S/c1-24-15-7-3-13(4-8-15)11-17-18(22)21(19(23)26-17)12-20-14-5-9-16(25-2)10-6-14/h3-11,20H,12H2,1-2H3/b17-11-. The highest BCUT2D eigenvalue weighted by Gasteiger charge is 2.34. The van der Waals surface area contributed by atoms with Crippen LogP contribution in [0.4, 0.5) is 10.5 Å². The van der Waals surface area contributed by atoms with Gasteiger partial charge in [0.25, 0.3) is 11.1 Å². The second-order valence-electron chi connectivity index (χ2n) is 5.45. The van der Waals surface area contributed by atoms with Crippen LogP contribution in [0.1, 0.15) is 5.56 Å². The minimum atomic E-state index is -0.308. The number of imide groups is 1. The summed E-state index contributed by atoms with van der Waals surface area (Å²) in [6, 6.07) is 14.5. The van der Waals surface area contributed by atoms with Crippen molar-refractivity contribution in [1.82, 2.24) is 4.90 Å². The predicted octanol–water partition coefficient (Wildman–Crippen LogP) is 3.81. The van der Waals surface area contributed by atoms with Gasteiger partial charge in [0.1, 0.15) is 11.5 Å². The van der Waals surface area contributed by atoms with Crippen LogP contribution in [-0.4, -0.2) is 36.9 Å². The monoisotopic (exact) mass is 370 g/mol. The molecule has 0 atom stereocenters. The third kappa shape index (κ3) is 4.00. The van der Waals surface area contributed by atoms with E-state index in [0.29, 0.717) is 4.91 Å². The van der Waals surface area contributed by atoms with Gasteiger partial charge in [0.15, 0.2) is 0 Å². The van der Waals surface area contributed by atoms with Crippen LogP contribution >= 0.6 is 11.8 Å². The summed E-state index contributed by atoms with van der Waals surface area (Å²) in [5.74, 6) is 1.17. The normalized spacial score (nSPS) is 15.5. The highest BCUT2D eigenvalue weighted by Crippen LogP contribution is 2.32. The lowest BCUT2D eigenvalue weighted by atomic mass is 10.2. The highest BCUT2D eigenvalue weighted by atomic mass is 32.2. The summed E-state index contributed by atoms with van der Waals surface area (Å²) < 4.78 is 10.2. The Morgan fingerprint density at radius 3 is 2.12 bits per heavy atom. The molecule has 6 nitrogen and oxygen atoms in total. The third-order valence-corrected chi connectivity index (χ3v) is 4.73. The number of carbonyl (C=O) groups excluding carboxylic acids is 2. The summed E-state index contributed by atoms with van der Waals surface area (Å²) in [6.45, 7) is 0.108. The zero-order chi connectivity index (χ0) is 18.5. The molecule has 1 aliphatic heterocycles. The van der Waals surface area contributed by atoms with E-state index >= 15 is 0 Å². The van der Waals surface area contributed by atoms with Gasteiger partial charge >= 0.3 is 0 Å². The molecule has 0 aromatic heterocycles. The molecule has 0 aliphatic carbocycles. The number of ether oxygens (including phenoxy) is 2. The first-order chi connectivity index (χ1) is 12.6. The molecule has 1 fully saturated rings. The molecule has 26 heavy (non-hydrogen) atoms. The van der Waals surface area contributed by atoms with Crippen LogP contribution in [-0.2, 0) is 4.79 Å². The molecule has 2 aromatic carbocycles. The predicted molar refractivity (Wildman–Crippen MR) is 102 cm³/mol. The lowest BCUT2D eigenvalue weighted by Gasteiger charge is -2.14. The minimum absolute atomic E-state index is 0.108. The van der Waals surface area contributed by atoms with Crippen molar-refractivity contribution in [2.24, 2.45) is 0 Å². The van der Waals surface area contributed by atoms with Crippen LogP contribution < -0.4 is 14.8 Å². The molecule has 0 radical (unpaired) electrons. The van der Waals surface area contributed by atoms with Crippen LogP contribution in [0.15, 0.2) is 53.4 Å². The summed E-state index contributed by atoms with van der Waals surface area (Å²) in [5.41, 5.74) is 1.63. The van der Waals surface area contributed by atoms with E-state index in [9.17, 15) is 9.59 Å². The van der Waals surface area contributed by atoms with Crippen molar-refractivity contribution < 1.29 is 19.1 Å². The molecule has 1 heterocycles. The fourth-order valence-electron chi connectivity index (χ4n) is 2.37. The quantitative estimate of drug-likeness (QED) is 0.780. The Labute approximate surface area is 155 Å². The Kier molecular flexibility index (Phi) is 5.48. The lowest BCUT2D eigenvalue weighted by molar-refractivity contribution is -0.122. The average Bonchev–Trinajstić information content (AvgIpc) is 2.94. The highest BCUT2D eigenvalue weighted by molar-refractivity contribution is 8.18. The summed E-state index contributed by atoms with van der Waals surface area (Å²) in [6.07, 6.45) is 1.71. The molecule has 1 aliphatic rings. The molecule has 134 valence electrons. The number of amides is 2. The van der Waals surface area contributed by atoms with E-state index in [1.807, 2.05) is 24.3 Å². The van der Waals surface area contributed by atoms with Gasteiger partial charge in [0.2, 0.25) is 0 Å². The summed E-state index contributed by atoms with van der Waals surface area (Å²) in [5, 5.41) is 2.77. The number of nitrogens with zero attached hydrogens (tertiary/aromatic N) is 1. The van der Waals surface area contributed by atoms with E-state index in [-0.39, 0.29) is 17.8 Å². The van der Waals surface area contributed by atoms with Crippen LogP contribution in [0.2, 0.25) is 0 Å². The fraction of sp³-hybridized carbons (Fsp3) is 0.158. The number of thioether (sulfide) groups is 1. The van der Waals surface area contributed by atoms with Gasteiger partial charge < -0.3 is 14.8 Å². The fourth-order valence-corrected chi connectivity index (χ4v) is 3.21. The zero-order valence-corrected chi connectivity index (χ0v) is 15.2. The SMILES string of the molecule is COc1ccc(/C=C2\SC(=O)N(CNc3ccc(OC)cc3)C2=O)cc1. The number of rotatable bonds is 6. The Hall–Kier alpha value is -2.93. The average molecular weight is 370 g/mol. The maximum absolute atomic E-state index is 12.5. The second-order valence-corrected chi connectivity index (χ2v) is 6.44. The lowest BCUT2D eigenvalue weighted by Crippen LogP contribution is -2.33. The smallest absolute Gasteiger partial charge is 0.295 e. The molecule has 1 saturated heterocycles. The molecular formula is C19H18N2O4S. The van der Waals surface area contributed by atoms with Gasteiger partial charge in [-0.05, 0) is 59.8 Å². The minimum Gasteiger partial charge on any atom is -0.497 e. The van der Waals surface area contributed by atoms with Gasteiger partial charge in [-0.25, -0.2) is 0 Å². The van der Waals surface area contributed by atoms with E-state index in [0.717, 1.165) is 34.5 Å². The first-order valence-corrected chi connectivity index (χ1v) is 8.69.